The van der Waals surface area contributed by atoms with Crippen molar-refractivity contribution in [1.29, 1.82) is 0 Å². The Bertz CT molecular complexity index is 174. The van der Waals surface area contributed by atoms with Gasteiger partial charge in [0.25, 0.3) is 0 Å². The fourth-order valence-electron chi connectivity index (χ4n) is 2.81. The van der Waals surface area contributed by atoms with Gasteiger partial charge in [0, 0.05) is 19.1 Å². The zero-order valence-corrected chi connectivity index (χ0v) is 8.30. The summed E-state index contributed by atoms with van der Waals surface area (Å²) in [7, 11) is 0. The van der Waals surface area contributed by atoms with E-state index in [1.54, 1.807) is 0 Å². The first-order valence-electron chi connectivity index (χ1n) is 5.33. The largest absolute Gasteiger partial charge is 0.316 e. The van der Waals surface area contributed by atoms with Crippen molar-refractivity contribution in [3.8, 4) is 0 Å². The molecule has 13 heavy (non-hydrogen) atoms. The van der Waals surface area contributed by atoms with Crippen LogP contribution >= 0.6 is 0 Å². The summed E-state index contributed by atoms with van der Waals surface area (Å²) in [5.74, 6) is 1.65. The van der Waals surface area contributed by atoms with Gasteiger partial charge in [0.1, 0.15) is 0 Å². The Morgan fingerprint density at radius 2 is 2.31 bits per heavy atom. The maximum atomic E-state index is 12.0. The molecule has 2 heterocycles. The molecule has 2 nitrogen and oxygen atoms in total. The number of fused-ring (bicyclic) bond motifs is 1. The normalized spacial score (nSPS) is 39.7. The fourth-order valence-corrected chi connectivity index (χ4v) is 2.81. The maximum absolute atomic E-state index is 12.0. The molecule has 2 rings (SSSR count). The number of halogens is 1. The maximum Gasteiger partial charge on any atom is 0.0906 e. The molecule has 0 aliphatic carbocycles. The minimum absolute atomic E-state index is 0.170. The van der Waals surface area contributed by atoms with E-state index < -0.39 is 0 Å². The van der Waals surface area contributed by atoms with Gasteiger partial charge in [-0.25, -0.2) is 0 Å². The van der Waals surface area contributed by atoms with Crippen LogP contribution in [0.3, 0.4) is 0 Å². The van der Waals surface area contributed by atoms with E-state index in [2.05, 4.69) is 17.1 Å². The van der Waals surface area contributed by atoms with Crippen LogP contribution in [0.1, 0.15) is 13.3 Å². The second-order valence-electron chi connectivity index (χ2n) is 4.36. The van der Waals surface area contributed by atoms with E-state index in [-0.39, 0.29) is 6.67 Å². The minimum atomic E-state index is -0.170. The lowest BCUT2D eigenvalue weighted by molar-refractivity contribution is 0.228. The molecule has 76 valence electrons. The van der Waals surface area contributed by atoms with Crippen LogP contribution in [0.25, 0.3) is 0 Å². The summed E-state index contributed by atoms with van der Waals surface area (Å²) in [4.78, 5) is 2.45. The Balaban J connectivity index is 1.87. The lowest BCUT2D eigenvalue weighted by atomic mass is 9.95. The zero-order valence-electron chi connectivity index (χ0n) is 8.30. The molecule has 2 aliphatic rings. The van der Waals surface area contributed by atoms with Crippen LogP contribution in [0, 0.1) is 11.8 Å². The number of nitrogens with one attached hydrogen (secondary N) is 1. The van der Waals surface area contributed by atoms with Crippen LogP contribution in [0.2, 0.25) is 0 Å². The van der Waals surface area contributed by atoms with Crippen molar-refractivity contribution in [1.82, 2.24) is 10.2 Å². The third-order valence-electron chi connectivity index (χ3n) is 3.64. The van der Waals surface area contributed by atoms with Crippen molar-refractivity contribution in [2.75, 3.05) is 32.9 Å². The minimum Gasteiger partial charge on any atom is -0.316 e. The third kappa shape index (κ3) is 1.72. The monoisotopic (exact) mass is 186 g/mol. The molecule has 3 heteroatoms. The molecule has 0 aromatic rings. The van der Waals surface area contributed by atoms with Gasteiger partial charge in [0.2, 0.25) is 0 Å². The molecule has 0 spiro atoms. The number of nitrogens with zero attached hydrogens (tertiary/aromatic N) is 1. The summed E-state index contributed by atoms with van der Waals surface area (Å²) in [5.41, 5.74) is 0. The van der Waals surface area contributed by atoms with Crippen molar-refractivity contribution in [2.24, 2.45) is 11.8 Å². The van der Waals surface area contributed by atoms with E-state index >= 15 is 0 Å². The van der Waals surface area contributed by atoms with Gasteiger partial charge in [-0.1, -0.05) is 0 Å². The molecule has 1 N–H and O–H groups in total. The first-order chi connectivity index (χ1) is 6.33. The number of hydrogen-bond donors (Lipinski definition) is 1. The number of likely N-dealkylation sites (tertiary alicyclic amines) is 1. The Kier molecular flexibility index (Phi) is 2.84. The van der Waals surface area contributed by atoms with Gasteiger partial charge in [0.05, 0.1) is 6.67 Å². The van der Waals surface area contributed by atoms with Crippen molar-refractivity contribution >= 4 is 0 Å². The standard InChI is InChI=1S/C10H19FN2/c1-8-10-6-12-5-9(10)7-13(8)4-2-3-11/h8-10,12H,2-7H2,1H3. The Hall–Kier alpha value is -0.150. The second kappa shape index (κ2) is 3.93. The summed E-state index contributed by atoms with van der Waals surface area (Å²) < 4.78 is 12.0. The SMILES string of the molecule is CC1C2CNCC2CN1CCCF. The summed E-state index contributed by atoms with van der Waals surface area (Å²) in [6.45, 7) is 6.58. The zero-order chi connectivity index (χ0) is 9.26. The van der Waals surface area contributed by atoms with E-state index in [0.717, 1.165) is 24.9 Å². The Morgan fingerprint density at radius 3 is 3.00 bits per heavy atom. The molecule has 0 amide bonds. The van der Waals surface area contributed by atoms with Crippen molar-refractivity contribution in [3.05, 3.63) is 0 Å². The van der Waals surface area contributed by atoms with E-state index in [4.69, 9.17) is 0 Å². The molecule has 2 aliphatic heterocycles. The molecule has 3 unspecified atom stereocenters. The van der Waals surface area contributed by atoms with Crippen LogP contribution in [-0.2, 0) is 0 Å². The number of hydrogen-bond acceptors (Lipinski definition) is 2. The fraction of sp³-hybridized carbons (Fsp3) is 1.00. The van der Waals surface area contributed by atoms with Crippen LogP contribution in [0.5, 0.6) is 0 Å². The van der Waals surface area contributed by atoms with Gasteiger partial charge in [-0.15, -0.1) is 0 Å². The van der Waals surface area contributed by atoms with Gasteiger partial charge in [-0.05, 0) is 38.3 Å². The van der Waals surface area contributed by atoms with E-state index in [9.17, 15) is 4.39 Å². The molecule has 2 fully saturated rings. The molecular weight excluding hydrogens is 167 g/mol. The van der Waals surface area contributed by atoms with Crippen molar-refractivity contribution < 1.29 is 4.39 Å². The summed E-state index contributed by atoms with van der Waals surface area (Å²) >= 11 is 0. The highest BCUT2D eigenvalue weighted by molar-refractivity contribution is 4.96. The van der Waals surface area contributed by atoms with Crippen molar-refractivity contribution in [2.45, 2.75) is 19.4 Å². The predicted molar refractivity (Wildman–Crippen MR) is 51.5 cm³/mol. The van der Waals surface area contributed by atoms with Gasteiger partial charge in [-0.2, -0.15) is 0 Å². The lowest BCUT2D eigenvalue weighted by Crippen LogP contribution is -2.34. The summed E-state index contributed by atoms with van der Waals surface area (Å²) in [6.07, 6.45) is 0.706. The Labute approximate surface area is 79.5 Å². The molecule has 0 bridgehead atoms. The molecule has 0 radical (unpaired) electrons. The first kappa shape index (κ1) is 9.41. The molecule has 0 aromatic heterocycles. The van der Waals surface area contributed by atoms with Crippen LogP contribution < -0.4 is 5.32 Å². The predicted octanol–water partition coefficient (Wildman–Crippen LogP) is 0.886. The summed E-state index contributed by atoms with van der Waals surface area (Å²) in [5, 5.41) is 3.43. The van der Waals surface area contributed by atoms with Crippen LogP contribution in [0.4, 0.5) is 4.39 Å². The van der Waals surface area contributed by atoms with Crippen LogP contribution in [0.15, 0.2) is 0 Å². The third-order valence-corrected chi connectivity index (χ3v) is 3.64. The highest BCUT2D eigenvalue weighted by atomic mass is 19.1. The van der Waals surface area contributed by atoms with Gasteiger partial charge in [-0.3, -0.25) is 9.29 Å². The highest BCUT2D eigenvalue weighted by Gasteiger charge is 2.41. The second-order valence-corrected chi connectivity index (χ2v) is 4.36. The smallest absolute Gasteiger partial charge is 0.0906 e. The van der Waals surface area contributed by atoms with Crippen molar-refractivity contribution in [3.63, 3.8) is 0 Å². The van der Waals surface area contributed by atoms with Gasteiger partial charge >= 0.3 is 0 Å². The van der Waals surface area contributed by atoms with Gasteiger partial charge < -0.3 is 5.32 Å². The molecule has 0 saturated carbocycles. The van der Waals surface area contributed by atoms with E-state index in [1.807, 2.05) is 0 Å². The van der Waals surface area contributed by atoms with Crippen LogP contribution in [-0.4, -0.2) is 43.8 Å². The molecule has 0 aromatic carbocycles. The molecule has 2 saturated heterocycles. The summed E-state index contributed by atoms with van der Waals surface area (Å²) in [6, 6.07) is 0.659. The number of rotatable bonds is 3. The average molecular weight is 186 g/mol. The van der Waals surface area contributed by atoms with Gasteiger partial charge in [0.15, 0.2) is 0 Å². The molecular formula is C10H19FN2. The molecule has 3 atom stereocenters. The topological polar surface area (TPSA) is 15.3 Å². The number of alkyl halides is 1. The lowest BCUT2D eigenvalue weighted by Gasteiger charge is -2.23. The van der Waals surface area contributed by atoms with E-state index in [1.165, 1.54) is 13.1 Å². The Morgan fingerprint density at radius 1 is 1.46 bits per heavy atom. The average Bonchev–Trinajstić information content (AvgIpc) is 2.67. The van der Waals surface area contributed by atoms with E-state index in [0.29, 0.717) is 12.5 Å². The highest BCUT2D eigenvalue weighted by Crippen LogP contribution is 2.31. The first-order valence-corrected chi connectivity index (χ1v) is 5.33. The quantitative estimate of drug-likeness (QED) is 0.704.